The fraction of sp³-hybridized carbons (Fsp3) is 0.600. The second-order valence-corrected chi connectivity index (χ2v) is 19.9. The number of aliphatic imine (C=N–C) groups is 2. The molecular weight excluding hydrogens is 885 g/mol. The van der Waals surface area contributed by atoms with Crippen LogP contribution in [0, 0.1) is 11.8 Å². The van der Waals surface area contributed by atoms with E-state index in [1.165, 1.54) is 40.4 Å². The summed E-state index contributed by atoms with van der Waals surface area (Å²) in [5, 5.41) is 10.5. The predicted molar refractivity (Wildman–Crippen MR) is 244 cm³/mol. The van der Waals surface area contributed by atoms with Crippen molar-refractivity contribution in [1.82, 2.24) is 9.80 Å². The van der Waals surface area contributed by atoms with Crippen molar-refractivity contribution in [2.75, 3.05) is 35.4 Å². The predicted octanol–water partition coefficient (Wildman–Crippen LogP) is 6.82. The Hall–Kier alpha value is -4.60. The van der Waals surface area contributed by atoms with Gasteiger partial charge in [0.25, 0.3) is 0 Å². The Morgan fingerprint density at radius 3 is 1.35 bits per heavy atom. The van der Waals surface area contributed by atoms with Crippen LogP contribution in [0.1, 0.15) is 66.5 Å². The summed E-state index contributed by atoms with van der Waals surface area (Å²) in [4.78, 5) is 61.3. The molecule has 0 radical (unpaired) electrons. The van der Waals surface area contributed by atoms with Gasteiger partial charge in [-0.2, -0.15) is 0 Å². The number of benzene rings is 2. The zero-order valence-electron chi connectivity index (χ0n) is 39.2. The normalized spacial score (nSPS) is 27.0. The van der Waals surface area contributed by atoms with Crippen molar-refractivity contribution in [2.24, 2.45) is 21.8 Å². The fourth-order valence-electron chi connectivity index (χ4n) is 7.11. The molecule has 6 rings (SSSR count). The van der Waals surface area contributed by atoms with E-state index < -0.39 is 88.6 Å². The number of aliphatic carboxylic acids is 1. The zero-order valence-corrected chi connectivity index (χ0v) is 40.8. The van der Waals surface area contributed by atoms with Gasteiger partial charge in [-0.05, 0) is 76.9 Å². The smallest absolute Gasteiger partial charge is 0.416 e. The Labute approximate surface area is 389 Å². The lowest BCUT2D eigenvalue weighted by atomic mass is 9.90. The van der Waals surface area contributed by atoms with Crippen molar-refractivity contribution in [3.8, 4) is 11.5 Å². The minimum Gasteiger partial charge on any atom is -0.497 e. The van der Waals surface area contributed by atoms with Crippen molar-refractivity contribution < 1.29 is 66.9 Å². The molecule has 0 bridgehead atoms. The number of hydrogen-bond acceptors (Lipinski definition) is 17. The van der Waals surface area contributed by atoms with Crippen LogP contribution < -0.4 is 9.47 Å². The number of amides is 2. The standard InChI is InChI=1S/C23H32N2O7S.C22H30N2O7S/c1-13-17(30-12-14-8-10-15(28-6)11-9-14)16-20(31-18(13)19(26)29-7)33-21(24-16)25(5)22(27)32-23(2,3)4;1-12-16(29-11-13-7-9-14(28-6)10-8-13)15-19(30-17(12)18(25)26)32-20(23-15)24(5)21(27)31-22(2,3)4/h8-11,13,16-18,20H,12H2,1-7H3;7-10,12,15-17,19H,11H2,1-6H3,(H,25,26)/t13-,16+,17-,18-,20+;12-,15+,16-,17-,19+/m00/s1. The van der Waals surface area contributed by atoms with Crippen LogP contribution in [0.15, 0.2) is 58.5 Å². The van der Waals surface area contributed by atoms with E-state index in [1.54, 1.807) is 76.8 Å². The van der Waals surface area contributed by atoms with Crippen LogP contribution in [0.5, 0.6) is 11.5 Å². The van der Waals surface area contributed by atoms with Gasteiger partial charge in [0.1, 0.15) is 45.7 Å². The van der Waals surface area contributed by atoms with Gasteiger partial charge in [0.2, 0.25) is 0 Å². The zero-order chi connectivity index (χ0) is 48.0. The van der Waals surface area contributed by atoms with E-state index in [1.807, 2.05) is 55.5 Å². The van der Waals surface area contributed by atoms with Crippen molar-refractivity contribution in [1.29, 1.82) is 0 Å². The highest BCUT2D eigenvalue weighted by Crippen LogP contribution is 2.43. The lowest BCUT2D eigenvalue weighted by Gasteiger charge is -2.40. The highest BCUT2D eigenvalue weighted by atomic mass is 32.2. The molecule has 2 saturated heterocycles. The van der Waals surface area contributed by atoms with E-state index in [9.17, 15) is 24.3 Å². The fourth-order valence-corrected chi connectivity index (χ4v) is 9.42. The molecule has 358 valence electrons. The molecule has 2 fully saturated rings. The molecule has 1 N–H and O–H groups in total. The van der Waals surface area contributed by atoms with E-state index in [0.717, 1.165) is 22.6 Å². The number of thioether (sulfide) groups is 2. The first-order chi connectivity index (χ1) is 30.5. The second-order valence-electron chi connectivity index (χ2n) is 17.8. The molecule has 2 amide bonds. The maximum absolute atomic E-state index is 12.5. The summed E-state index contributed by atoms with van der Waals surface area (Å²) in [6.45, 7) is 15.0. The molecule has 65 heavy (non-hydrogen) atoms. The van der Waals surface area contributed by atoms with Gasteiger partial charge in [0.15, 0.2) is 22.5 Å². The Balaban J connectivity index is 0.000000244. The summed E-state index contributed by atoms with van der Waals surface area (Å²) >= 11 is 2.47. The third-order valence-corrected chi connectivity index (χ3v) is 13.0. The molecule has 0 spiro atoms. The SMILES string of the molecule is COC(=O)[C@H]1O[C@@H]2SC(N(C)C(=O)OC(C)(C)C)=N[C@@H]2[C@@H](OCc2ccc(OC)cc2)[C@@H]1C.COc1ccc(CO[C@H]2[C@H](C)[C@@H](C(=O)O)O[C@@H]3SC(N(C)C(=O)OC(C)(C)C)=N[C@H]23)cc1. The van der Waals surface area contributed by atoms with Crippen LogP contribution in [-0.4, -0.2) is 143 Å². The number of carboxylic acid groups (broad SMARTS) is 1. The summed E-state index contributed by atoms with van der Waals surface area (Å²) in [5.41, 5.74) is -0.465. The second kappa shape index (κ2) is 21.8. The molecule has 18 nitrogen and oxygen atoms in total. The molecule has 4 aliphatic rings. The maximum Gasteiger partial charge on any atom is 0.416 e. The molecule has 0 aliphatic carbocycles. The first kappa shape index (κ1) is 51.4. The number of ether oxygens (including phenoxy) is 9. The van der Waals surface area contributed by atoms with Crippen LogP contribution in [0.4, 0.5) is 9.59 Å². The number of nitrogens with zero attached hydrogens (tertiary/aromatic N) is 4. The average molecular weight is 947 g/mol. The molecule has 4 heterocycles. The maximum atomic E-state index is 12.5. The highest BCUT2D eigenvalue weighted by Gasteiger charge is 2.53. The van der Waals surface area contributed by atoms with E-state index in [4.69, 9.17) is 47.6 Å². The number of esters is 1. The summed E-state index contributed by atoms with van der Waals surface area (Å²) < 4.78 is 50.5. The van der Waals surface area contributed by atoms with Crippen molar-refractivity contribution in [3.05, 3.63) is 59.7 Å². The number of carbonyl (C=O) groups is 4. The van der Waals surface area contributed by atoms with Crippen LogP contribution in [0.25, 0.3) is 0 Å². The summed E-state index contributed by atoms with van der Waals surface area (Å²) in [5.74, 6) is -0.770. The molecule has 2 aromatic carbocycles. The largest absolute Gasteiger partial charge is 0.497 e. The van der Waals surface area contributed by atoms with Gasteiger partial charge >= 0.3 is 24.1 Å². The van der Waals surface area contributed by atoms with Gasteiger partial charge in [-0.25, -0.2) is 19.2 Å². The van der Waals surface area contributed by atoms with E-state index in [-0.39, 0.29) is 12.5 Å². The van der Waals surface area contributed by atoms with E-state index in [0.29, 0.717) is 16.9 Å². The average Bonchev–Trinajstić information content (AvgIpc) is 3.88. The Bertz CT molecular complexity index is 2040. The Morgan fingerprint density at radius 1 is 0.646 bits per heavy atom. The van der Waals surface area contributed by atoms with Crippen LogP contribution in [0.2, 0.25) is 0 Å². The molecule has 2 aromatic rings. The summed E-state index contributed by atoms with van der Waals surface area (Å²) in [6.07, 6.45) is -3.82. The number of hydrogen-bond donors (Lipinski definition) is 1. The van der Waals surface area contributed by atoms with Crippen molar-refractivity contribution >= 4 is 58.0 Å². The molecule has 0 saturated carbocycles. The van der Waals surface area contributed by atoms with Gasteiger partial charge in [-0.1, -0.05) is 61.6 Å². The quantitative estimate of drug-likeness (QED) is 0.192. The topological polar surface area (TPSA) is 203 Å². The molecule has 0 unspecified atom stereocenters. The first-order valence-electron chi connectivity index (χ1n) is 21.1. The Kier molecular flexibility index (Phi) is 17.2. The molecular formula is C45H62N4O14S2. The molecule has 4 aliphatic heterocycles. The number of carboxylic acids is 1. The van der Waals surface area contributed by atoms with Crippen LogP contribution >= 0.6 is 23.5 Å². The lowest BCUT2D eigenvalue weighted by Crippen LogP contribution is -2.54. The highest BCUT2D eigenvalue weighted by molar-refractivity contribution is 8.14. The van der Waals surface area contributed by atoms with Crippen molar-refractivity contribution in [2.45, 2.75) is 127 Å². The van der Waals surface area contributed by atoms with Crippen LogP contribution in [-0.2, 0) is 56.0 Å². The number of fused-ring (bicyclic) bond motifs is 2. The van der Waals surface area contributed by atoms with Crippen molar-refractivity contribution in [3.63, 3.8) is 0 Å². The van der Waals surface area contributed by atoms with Crippen LogP contribution in [0.3, 0.4) is 0 Å². The third-order valence-electron chi connectivity index (χ3n) is 10.5. The number of carbonyl (C=O) groups excluding carboxylic acids is 3. The van der Waals surface area contributed by atoms with Gasteiger partial charge in [0, 0.05) is 25.9 Å². The molecule has 0 aromatic heterocycles. The third kappa shape index (κ3) is 13.3. The van der Waals surface area contributed by atoms with E-state index >= 15 is 0 Å². The molecule has 20 heteroatoms. The molecule has 10 atom stereocenters. The lowest BCUT2D eigenvalue weighted by molar-refractivity contribution is -0.179. The summed E-state index contributed by atoms with van der Waals surface area (Å²) in [6, 6.07) is 14.2. The van der Waals surface area contributed by atoms with Gasteiger partial charge in [-0.3, -0.25) is 19.8 Å². The monoisotopic (exact) mass is 946 g/mol. The Morgan fingerprint density at radius 2 is 1.02 bits per heavy atom. The number of amidine groups is 2. The van der Waals surface area contributed by atoms with Gasteiger partial charge < -0.3 is 47.7 Å². The minimum absolute atomic E-state index is 0.284. The van der Waals surface area contributed by atoms with Gasteiger partial charge in [0.05, 0.1) is 46.8 Å². The minimum atomic E-state index is -1.05. The number of methoxy groups -OCH3 is 3. The van der Waals surface area contributed by atoms with Gasteiger partial charge in [-0.15, -0.1) is 0 Å². The first-order valence-corrected chi connectivity index (χ1v) is 22.8. The summed E-state index contributed by atoms with van der Waals surface area (Å²) in [7, 11) is 7.72. The number of rotatable bonds is 10. The van der Waals surface area contributed by atoms with E-state index in [2.05, 4.69) is 4.99 Å².